The number of halogens is 2. The number of aryl methyl sites for hydroxylation is 1. The number of para-hydroxylation sites is 1. The topological polar surface area (TPSA) is 4.93 Å². The molecule has 1 atom stereocenters. The molecule has 1 nitrogen and oxygen atoms in total. The van der Waals surface area contributed by atoms with Crippen molar-refractivity contribution in [2.24, 2.45) is 0 Å². The van der Waals surface area contributed by atoms with Crippen LogP contribution in [0.1, 0.15) is 54.6 Å². The molecule has 40 heavy (non-hydrogen) atoms. The molecule has 3 aliphatic rings. The summed E-state index contributed by atoms with van der Waals surface area (Å²) in [5, 5.41) is 4.40. The Hall–Kier alpha value is -2.03. The van der Waals surface area contributed by atoms with Crippen molar-refractivity contribution in [3.05, 3.63) is 125 Å². The van der Waals surface area contributed by atoms with Crippen LogP contribution in [-0.4, -0.2) is 12.6 Å². The first-order valence-corrected chi connectivity index (χ1v) is 16.6. The van der Waals surface area contributed by atoms with Gasteiger partial charge in [0.1, 0.15) is 0 Å². The molecule has 0 N–H and O–H groups in total. The first-order valence-electron chi connectivity index (χ1n) is 13.5. The van der Waals surface area contributed by atoms with Gasteiger partial charge < -0.3 is 29.4 Å². The quantitative estimate of drug-likeness (QED) is 0.205. The Labute approximate surface area is 272 Å². The number of allylic oxidation sites excluding steroid dienone is 1. The summed E-state index contributed by atoms with van der Waals surface area (Å²) in [6.07, 6.45) is 2.24. The molecule has 4 aromatic carbocycles. The van der Waals surface area contributed by atoms with Gasteiger partial charge in [0.05, 0.1) is 8.07 Å². The van der Waals surface area contributed by atoms with E-state index in [9.17, 15) is 0 Å². The van der Waals surface area contributed by atoms with Crippen molar-refractivity contribution in [1.29, 1.82) is 0 Å². The molecule has 5 aromatic rings. The first-order chi connectivity index (χ1) is 17.8. The summed E-state index contributed by atoms with van der Waals surface area (Å²) in [4.78, 5) is 0. The van der Waals surface area contributed by atoms with Crippen molar-refractivity contribution in [1.82, 2.24) is 4.57 Å². The molecule has 0 spiro atoms. The average molecular weight is 661 g/mol. The summed E-state index contributed by atoms with van der Waals surface area (Å²) in [5.41, 5.74) is 12.2. The molecule has 3 heterocycles. The molecule has 0 saturated heterocycles. The van der Waals surface area contributed by atoms with Gasteiger partial charge in [0.25, 0.3) is 0 Å². The third-order valence-corrected chi connectivity index (χ3v) is 12.6. The monoisotopic (exact) mass is 658 g/mol. The average Bonchev–Trinajstić information content (AvgIpc) is 3.60. The van der Waals surface area contributed by atoms with Gasteiger partial charge in [0.15, 0.2) is 0 Å². The first kappa shape index (κ1) is 32.5. The van der Waals surface area contributed by atoms with Crippen LogP contribution in [0.25, 0.3) is 32.8 Å². The molecular weight excluding hydrogens is 625 g/mol. The number of nitrogens with zero attached hydrogens (tertiary/aromatic N) is 1. The van der Waals surface area contributed by atoms with Gasteiger partial charge in [-0.15, -0.1) is 34.5 Å². The Kier molecular flexibility index (Phi) is 10.1. The minimum atomic E-state index is -1.17. The third-order valence-electron chi connectivity index (χ3n) is 8.48. The second kappa shape index (κ2) is 12.5. The van der Waals surface area contributed by atoms with Crippen LogP contribution in [0.2, 0.25) is 13.1 Å². The predicted molar refractivity (Wildman–Crippen MR) is 162 cm³/mol. The van der Waals surface area contributed by atoms with Gasteiger partial charge in [0, 0.05) is 23.1 Å². The maximum absolute atomic E-state index is 2.51. The number of aromatic nitrogens is 1. The number of fused-ring (bicyclic) bond motifs is 1. The van der Waals surface area contributed by atoms with Crippen LogP contribution in [0.15, 0.2) is 103 Å². The molecule has 2 bridgehead atoms. The zero-order valence-corrected chi connectivity index (χ0v) is 29.1. The van der Waals surface area contributed by atoms with E-state index in [0.717, 1.165) is 5.54 Å². The van der Waals surface area contributed by atoms with Gasteiger partial charge in [-0.2, -0.15) is 6.07 Å². The molecule has 203 valence electrons. The normalized spacial score (nSPS) is 15.7. The van der Waals surface area contributed by atoms with Crippen LogP contribution in [-0.2, 0) is 26.2 Å². The van der Waals surface area contributed by atoms with Crippen molar-refractivity contribution in [3.63, 3.8) is 0 Å². The smallest absolute Gasteiger partial charge is 1.00 e. The number of benzene rings is 3. The SMILES string of the molecule is CC1=C2c3c(ccn3-c3ccccc3)C1[Si]2(C)C.Cc1cc2c(-c3ccc(C(C)C)cc3)cccc2[cH-]1.[Cl-].[Cl-].[Zr+3]. The number of hydrogen-bond donors (Lipinski definition) is 0. The number of rotatable bonds is 3. The fraction of sp³-hybridized carbons (Fsp3) is 0.229. The van der Waals surface area contributed by atoms with Crippen LogP contribution in [0.5, 0.6) is 0 Å². The van der Waals surface area contributed by atoms with Crippen LogP contribution in [0.3, 0.4) is 0 Å². The van der Waals surface area contributed by atoms with Gasteiger partial charge in [-0.05, 0) is 52.9 Å². The fourth-order valence-corrected chi connectivity index (χ4v) is 11.1. The van der Waals surface area contributed by atoms with E-state index in [1.54, 1.807) is 16.3 Å². The zero-order chi connectivity index (χ0) is 25.9. The van der Waals surface area contributed by atoms with Crippen molar-refractivity contribution >= 4 is 24.0 Å². The van der Waals surface area contributed by atoms with Gasteiger partial charge in [-0.3, -0.25) is 0 Å². The van der Waals surface area contributed by atoms with E-state index in [1.165, 1.54) is 44.4 Å². The molecular formula is C35H36Cl2NSiZr. The molecule has 1 aliphatic carbocycles. The third kappa shape index (κ3) is 5.32. The van der Waals surface area contributed by atoms with Crippen molar-refractivity contribution in [3.8, 4) is 16.8 Å². The summed E-state index contributed by atoms with van der Waals surface area (Å²) in [7, 11) is -1.17. The Morgan fingerprint density at radius 1 is 0.825 bits per heavy atom. The van der Waals surface area contributed by atoms with E-state index in [-0.39, 0.29) is 51.0 Å². The van der Waals surface area contributed by atoms with E-state index in [1.807, 2.05) is 0 Å². The second-order valence-electron chi connectivity index (χ2n) is 11.7. The molecule has 0 amide bonds. The Bertz CT molecular complexity index is 1640. The largest absolute Gasteiger partial charge is 3.00 e. The van der Waals surface area contributed by atoms with E-state index < -0.39 is 8.07 Å². The minimum Gasteiger partial charge on any atom is -1.00 e. The molecule has 2 aliphatic heterocycles. The molecule has 0 fully saturated rings. The van der Waals surface area contributed by atoms with Gasteiger partial charge >= 0.3 is 26.2 Å². The fourth-order valence-electron chi connectivity index (χ4n) is 6.81. The summed E-state index contributed by atoms with van der Waals surface area (Å²) in [6.45, 7) is 14.0. The van der Waals surface area contributed by atoms with Crippen molar-refractivity contribution in [2.75, 3.05) is 0 Å². The van der Waals surface area contributed by atoms with Gasteiger partial charge in [-0.1, -0.05) is 93.5 Å². The molecule has 1 aromatic heterocycles. The maximum atomic E-state index is 2.51. The summed E-state index contributed by atoms with van der Waals surface area (Å²) in [5.74, 6) is 0.589. The van der Waals surface area contributed by atoms with Crippen LogP contribution >= 0.6 is 0 Å². The van der Waals surface area contributed by atoms with Crippen molar-refractivity contribution in [2.45, 2.75) is 52.2 Å². The Balaban J connectivity index is 0.000000205. The molecule has 0 saturated carbocycles. The standard InChI is InChI=1S/C19H19.C16H17NSi.2ClH.Zr/c1-13(2)15-7-9-16(10-8-15)18-6-4-5-17-11-14(3)12-19(17)18;1-11-15-13-9-10-17(12-7-5-4-6-8-12)14(13)16(11)18(15,2)3;;;/h4-13H,1-3H3;4-10,15H,1-3H3;2*1H;/q-1;;;;+3/p-2. The van der Waals surface area contributed by atoms with Crippen LogP contribution < -0.4 is 24.8 Å². The van der Waals surface area contributed by atoms with E-state index in [2.05, 4.69) is 143 Å². The Morgan fingerprint density at radius 2 is 1.50 bits per heavy atom. The van der Waals surface area contributed by atoms with E-state index in [0.29, 0.717) is 5.92 Å². The predicted octanol–water partition coefficient (Wildman–Crippen LogP) is 3.81. The van der Waals surface area contributed by atoms with Gasteiger partial charge in [-0.25, -0.2) is 0 Å². The molecule has 5 heteroatoms. The van der Waals surface area contributed by atoms with Gasteiger partial charge in [0.2, 0.25) is 0 Å². The van der Waals surface area contributed by atoms with Crippen molar-refractivity contribution < 1.29 is 51.0 Å². The molecule has 8 rings (SSSR count). The molecule has 1 radical (unpaired) electrons. The number of hydrogen-bond acceptors (Lipinski definition) is 0. The van der Waals surface area contributed by atoms with E-state index in [4.69, 9.17) is 0 Å². The van der Waals surface area contributed by atoms with Crippen LogP contribution in [0.4, 0.5) is 0 Å². The zero-order valence-electron chi connectivity index (χ0n) is 24.1. The van der Waals surface area contributed by atoms with E-state index >= 15 is 0 Å². The summed E-state index contributed by atoms with van der Waals surface area (Å²) < 4.78 is 2.38. The maximum Gasteiger partial charge on any atom is 3.00 e. The minimum absolute atomic E-state index is 0. The van der Waals surface area contributed by atoms with Crippen LogP contribution in [0, 0.1) is 6.92 Å². The second-order valence-corrected chi connectivity index (χ2v) is 16.2. The summed E-state index contributed by atoms with van der Waals surface area (Å²) in [6, 6.07) is 33.1. The Morgan fingerprint density at radius 3 is 2.12 bits per heavy atom. The molecule has 1 unspecified atom stereocenters. The summed E-state index contributed by atoms with van der Waals surface area (Å²) >= 11 is 0.